The lowest BCUT2D eigenvalue weighted by Crippen LogP contribution is -2.15. The highest BCUT2D eigenvalue weighted by molar-refractivity contribution is 5.96. The molecular weight excluding hydrogens is 406 g/mol. The number of carbonyl (C=O) groups is 4. The zero-order valence-corrected chi connectivity index (χ0v) is 16.3. The molecule has 10 heteroatoms. The lowest BCUT2D eigenvalue weighted by Gasteiger charge is -2.11. The van der Waals surface area contributed by atoms with Crippen LogP contribution in [0.4, 0.5) is 11.4 Å². The second-order valence-electron chi connectivity index (χ2n) is 6.67. The predicted octanol–water partition coefficient (Wildman–Crippen LogP) is 3.10. The molecule has 0 saturated heterocycles. The van der Waals surface area contributed by atoms with Crippen LogP contribution in [0.2, 0.25) is 0 Å². The van der Waals surface area contributed by atoms with E-state index in [4.69, 9.17) is 14.6 Å². The summed E-state index contributed by atoms with van der Waals surface area (Å²) in [6.45, 7) is 0. The molecule has 0 unspecified atom stereocenters. The summed E-state index contributed by atoms with van der Waals surface area (Å²) < 4.78 is 5.74. The number of fused-ring (bicyclic) bond motifs is 1. The monoisotopic (exact) mass is 425 g/mol. The van der Waals surface area contributed by atoms with Crippen LogP contribution in [-0.2, 0) is 19.2 Å². The average molecular weight is 425 g/mol. The highest BCUT2D eigenvalue weighted by Gasteiger charge is 2.14. The van der Waals surface area contributed by atoms with Gasteiger partial charge in [0.1, 0.15) is 5.52 Å². The van der Waals surface area contributed by atoms with Gasteiger partial charge in [0, 0.05) is 29.8 Å². The number of benzene rings is 2. The third kappa shape index (κ3) is 6.13. The Morgan fingerprint density at radius 3 is 1.87 bits per heavy atom. The minimum atomic E-state index is -1.10. The number of carboxylic acid groups (broad SMARTS) is 2. The van der Waals surface area contributed by atoms with Crippen molar-refractivity contribution in [3.05, 3.63) is 42.5 Å². The van der Waals surface area contributed by atoms with Crippen LogP contribution < -0.4 is 10.6 Å². The third-order valence-corrected chi connectivity index (χ3v) is 4.17. The van der Waals surface area contributed by atoms with Gasteiger partial charge in [-0.25, -0.2) is 4.98 Å². The first-order chi connectivity index (χ1) is 14.8. The van der Waals surface area contributed by atoms with Crippen molar-refractivity contribution in [1.82, 2.24) is 4.98 Å². The number of rotatable bonds is 9. The van der Waals surface area contributed by atoms with Gasteiger partial charge in [0.05, 0.1) is 12.8 Å². The van der Waals surface area contributed by atoms with E-state index in [2.05, 4.69) is 15.6 Å². The minimum absolute atomic E-state index is 0.219. The van der Waals surface area contributed by atoms with Crippen molar-refractivity contribution < 1.29 is 33.8 Å². The zero-order chi connectivity index (χ0) is 22.4. The first-order valence-electron chi connectivity index (χ1n) is 9.34. The standard InChI is InChI=1S/C21H19N3O7/c25-17(5-7-19(27)28)22-13-9-12(21-24-15-3-1-2-4-16(15)31-21)10-14(11-13)23-18(26)6-8-20(29)30/h1-4,9-11H,5-8H2,(H,22,25)(H,23,26)(H,27,28)(H,29,30). The van der Waals surface area contributed by atoms with Gasteiger partial charge in [0.2, 0.25) is 17.7 Å². The molecule has 1 aromatic heterocycles. The molecule has 0 saturated carbocycles. The number of hydrogen-bond acceptors (Lipinski definition) is 6. The number of carboxylic acids is 2. The van der Waals surface area contributed by atoms with Crippen LogP contribution >= 0.6 is 0 Å². The number of carbonyl (C=O) groups excluding carboxylic acids is 2. The summed E-state index contributed by atoms with van der Waals surface area (Å²) in [5.41, 5.74) is 2.23. The molecule has 2 amide bonds. The number of para-hydroxylation sites is 2. The fraction of sp³-hybridized carbons (Fsp3) is 0.190. The molecule has 31 heavy (non-hydrogen) atoms. The van der Waals surface area contributed by atoms with Gasteiger partial charge in [-0.15, -0.1) is 0 Å². The van der Waals surface area contributed by atoms with Crippen molar-refractivity contribution in [2.24, 2.45) is 0 Å². The van der Waals surface area contributed by atoms with E-state index < -0.39 is 23.8 Å². The Morgan fingerprint density at radius 1 is 0.806 bits per heavy atom. The van der Waals surface area contributed by atoms with Crippen LogP contribution in [0.1, 0.15) is 25.7 Å². The summed E-state index contributed by atoms with van der Waals surface area (Å²) in [5.74, 6) is -2.96. The molecule has 2 aromatic carbocycles. The largest absolute Gasteiger partial charge is 0.481 e. The number of aliphatic carboxylic acids is 2. The van der Waals surface area contributed by atoms with Crippen LogP contribution in [0.25, 0.3) is 22.6 Å². The van der Waals surface area contributed by atoms with Crippen molar-refractivity contribution in [3.63, 3.8) is 0 Å². The lowest BCUT2D eigenvalue weighted by atomic mass is 10.1. The number of aromatic nitrogens is 1. The predicted molar refractivity (Wildman–Crippen MR) is 110 cm³/mol. The van der Waals surface area contributed by atoms with Crippen LogP contribution in [0.3, 0.4) is 0 Å². The van der Waals surface area contributed by atoms with Crippen LogP contribution in [0.15, 0.2) is 46.9 Å². The molecule has 0 atom stereocenters. The van der Waals surface area contributed by atoms with Gasteiger partial charge in [-0.05, 0) is 30.3 Å². The Hall–Kier alpha value is -4.21. The smallest absolute Gasteiger partial charge is 0.303 e. The summed E-state index contributed by atoms with van der Waals surface area (Å²) in [4.78, 5) is 49.8. The molecule has 0 radical (unpaired) electrons. The van der Waals surface area contributed by atoms with Crippen molar-refractivity contribution in [3.8, 4) is 11.5 Å². The van der Waals surface area contributed by atoms with Crippen LogP contribution in [-0.4, -0.2) is 39.0 Å². The van der Waals surface area contributed by atoms with Gasteiger partial charge < -0.3 is 25.3 Å². The van der Waals surface area contributed by atoms with E-state index in [1.165, 1.54) is 6.07 Å². The van der Waals surface area contributed by atoms with Crippen LogP contribution in [0.5, 0.6) is 0 Å². The van der Waals surface area contributed by atoms with E-state index in [0.717, 1.165) is 0 Å². The molecule has 4 N–H and O–H groups in total. The number of nitrogens with zero attached hydrogens (tertiary/aromatic N) is 1. The maximum atomic E-state index is 12.1. The van der Waals surface area contributed by atoms with E-state index in [9.17, 15) is 19.2 Å². The van der Waals surface area contributed by atoms with E-state index in [-0.39, 0.29) is 31.6 Å². The maximum absolute atomic E-state index is 12.1. The van der Waals surface area contributed by atoms with E-state index in [1.54, 1.807) is 30.3 Å². The molecule has 0 aliphatic rings. The topological polar surface area (TPSA) is 159 Å². The van der Waals surface area contributed by atoms with E-state index >= 15 is 0 Å². The summed E-state index contributed by atoms with van der Waals surface area (Å²) in [5, 5.41) is 22.6. The second-order valence-corrected chi connectivity index (χ2v) is 6.67. The van der Waals surface area contributed by atoms with Gasteiger partial charge in [-0.1, -0.05) is 12.1 Å². The highest BCUT2D eigenvalue weighted by atomic mass is 16.4. The molecule has 0 aliphatic heterocycles. The summed E-state index contributed by atoms with van der Waals surface area (Å²) in [6.07, 6.45) is -1.09. The molecule has 10 nitrogen and oxygen atoms in total. The van der Waals surface area contributed by atoms with Crippen LogP contribution in [0, 0.1) is 0 Å². The first-order valence-corrected chi connectivity index (χ1v) is 9.34. The van der Waals surface area contributed by atoms with Gasteiger partial charge >= 0.3 is 11.9 Å². The molecule has 0 bridgehead atoms. The van der Waals surface area contributed by atoms with Gasteiger partial charge in [-0.3, -0.25) is 19.2 Å². The summed E-state index contributed by atoms with van der Waals surface area (Å²) in [6, 6.07) is 11.8. The molecule has 3 rings (SSSR count). The molecular formula is C21H19N3O7. The minimum Gasteiger partial charge on any atom is -0.481 e. The molecule has 3 aromatic rings. The summed E-state index contributed by atoms with van der Waals surface area (Å²) >= 11 is 0. The normalized spacial score (nSPS) is 10.6. The Morgan fingerprint density at radius 2 is 1.35 bits per heavy atom. The second kappa shape index (κ2) is 9.53. The Bertz CT molecular complexity index is 1070. The zero-order valence-electron chi connectivity index (χ0n) is 16.3. The van der Waals surface area contributed by atoms with Gasteiger partial charge in [0.25, 0.3) is 0 Å². The van der Waals surface area contributed by atoms with Crippen molar-refractivity contribution in [1.29, 1.82) is 0 Å². The molecule has 0 spiro atoms. The van der Waals surface area contributed by atoms with Gasteiger partial charge in [0.15, 0.2) is 5.58 Å². The Labute approximate surface area is 175 Å². The number of amides is 2. The molecule has 160 valence electrons. The molecule has 0 fully saturated rings. The van der Waals surface area contributed by atoms with E-state index in [0.29, 0.717) is 28.0 Å². The van der Waals surface area contributed by atoms with Crippen molar-refractivity contribution in [2.45, 2.75) is 25.7 Å². The fourth-order valence-electron chi connectivity index (χ4n) is 2.78. The number of nitrogens with one attached hydrogen (secondary N) is 2. The molecule has 0 aliphatic carbocycles. The Kier molecular flexibility index (Phi) is 6.61. The third-order valence-electron chi connectivity index (χ3n) is 4.17. The average Bonchev–Trinajstić information content (AvgIpc) is 3.15. The maximum Gasteiger partial charge on any atom is 0.303 e. The van der Waals surface area contributed by atoms with Gasteiger partial charge in [-0.2, -0.15) is 0 Å². The van der Waals surface area contributed by atoms with E-state index in [1.807, 2.05) is 6.07 Å². The Balaban J connectivity index is 1.89. The van der Waals surface area contributed by atoms with Crippen molar-refractivity contribution in [2.75, 3.05) is 10.6 Å². The van der Waals surface area contributed by atoms with Crippen molar-refractivity contribution >= 4 is 46.2 Å². The quantitative estimate of drug-likeness (QED) is 0.407. The summed E-state index contributed by atoms with van der Waals surface area (Å²) in [7, 11) is 0. The number of oxazole rings is 1. The highest BCUT2D eigenvalue weighted by Crippen LogP contribution is 2.29. The molecule has 1 heterocycles. The lowest BCUT2D eigenvalue weighted by molar-refractivity contribution is -0.138. The first kappa shape index (κ1) is 21.5. The SMILES string of the molecule is O=C(O)CCC(=O)Nc1cc(NC(=O)CCC(=O)O)cc(-c2nc3ccccc3o2)c1. The fourth-order valence-corrected chi connectivity index (χ4v) is 2.78. The number of anilines is 2. The number of hydrogen-bond donors (Lipinski definition) is 4.